The Hall–Kier alpha value is -1.18. The van der Waals surface area contributed by atoms with E-state index in [-0.39, 0.29) is 4.90 Å². The number of pyridine rings is 1. The van der Waals surface area contributed by atoms with Gasteiger partial charge in [-0.05, 0) is 33.0 Å². The van der Waals surface area contributed by atoms with Crippen molar-refractivity contribution >= 4 is 15.8 Å². The summed E-state index contributed by atoms with van der Waals surface area (Å²) < 4.78 is 25.6. The standard InChI is InChI=1S/C13H22N4O2S/c1-11(2)16-6-8-17(9-7-16)13-5-4-12(10-15-13)20(18,19)14-3/h4-5,10-11,14H,6-9H2,1-3H3. The summed E-state index contributed by atoms with van der Waals surface area (Å²) in [4.78, 5) is 9.09. The first-order valence-electron chi connectivity index (χ1n) is 6.82. The van der Waals surface area contributed by atoms with Crippen LogP contribution in [0.3, 0.4) is 0 Å². The van der Waals surface area contributed by atoms with Crippen LogP contribution >= 0.6 is 0 Å². The van der Waals surface area contributed by atoms with E-state index in [9.17, 15) is 8.42 Å². The van der Waals surface area contributed by atoms with Crippen LogP contribution < -0.4 is 9.62 Å². The normalized spacial score (nSPS) is 17.7. The highest BCUT2D eigenvalue weighted by Crippen LogP contribution is 2.16. The lowest BCUT2D eigenvalue weighted by Crippen LogP contribution is -2.49. The van der Waals surface area contributed by atoms with Gasteiger partial charge in [0, 0.05) is 38.4 Å². The van der Waals surface area contributed by atoms with E-state index in [1.54, 1.807) is 12.1 Å². The fourth-order valence-corrected chi connectivity index (χ4v) is 2.98. The van der Waals surface area contributed by atoms with Crippen molar-refractivity contribution in [3.8, 4) is 0 Å². The summed E-state index contributed by atoms with van der Waals surface area (Å²) in [6.45, 7) is 8.26. The number of sulfonamides is 1. The Morgan fingerprint density at radius 2 is 1.85 bits per heavy atom. The summed E-state index contributed by atoms with van der Waals surface area (Å²) in [6, 6.07) is 3.94. The van der Waals surface area contributed by atoms with Gasteiger partial charge in [-0.15, -0.1) is 0 Å². The maximum Gasteiger partial charge on any atom is 0.241 e. The Kier molecular flexibility index (Phi) is 4.62. The molecule has 0 amide bonds. The first-order valence-corrected chi connectivity index (χ1v) is 8.31. The average Bonchev–Trinajstić information content (AvgIpc) is 2.47. The molecule has 1 N–H and O–H groups in total. The zero-order valence-corrected chi connectivity index (χ0v) is 13.0. The highest BCUT2D eigenvalue weighted by molar-refractivity contribution is 7.89. The monoisotopic (exact) mass is 298 g/mol. The number of piperazine rings is 1. The minimum Gasteiger partial charge on any atom is -0.354 e. The predicted molar refractivity (Wildman–Crippen MR) is 79.4 cm³/mol. The molecule has 0 atom stereocenters. The zero-order chi connectivity index (χ0) is 14.8. The van der Waals surface area contributed by atoms with E-state index in [1.807, 2.05) is 0 Å². The van der Waals surface area contributed by atoms with Crippen LogP contribution in [0.1, 0.15) is 13.8 Å². The fraction of sp³-hybridized carbons (Fsp3) is 0.615. The minimum absolute atomic E-state index is 0.199. The molecular formula is C13H22N4O2S. The molecule has 112 valence electrons. The Morgan fingerprint density at radius 1 is 1.20 bits per heavy atom. The molecule has 1 aliphatic heterocycles. The van der Waals surface area contributed by atoms with Crippen molar-refractivity contribution < 1.29 is 8.42 Å². The highest BCUT2D eigenvalue weighted by Gasteiger charge is 2.20. The quantitative estimate of drug-likeness (QED) is 0.878. The molecule has 2 rings (SSSR count). The highest BCUT2D eigenvalue weighted by atomic mass is 32.2. The Balaban J connectivity index is 2.05. The smallest absolute Gasteiger partial charge is 0.241 e. The lowest BCUT2D eigenvalue weighted by Gasteiger charge is -2.37. The molecule has 20 heavy (non-hydrogen) atoms. The van der Waals surface area contributed by atoms with Crippen molar-refractivity contribution in [1.82, 2.24) is 14.6 Å². The molecule has 1 aliphatic rings. The summed E-state index contributed by atoms with van der Waals surface area (Å²) >= 11 is 0. The molecule has 0 radical (unpaired) electrons. The van der Waals surface area contributed by atoms with Crippen molar-refractivity contribution in [2.24, 2.45) is 0 Å². The third-order valence-corrected chi connectivity index (χ3v) is 5.07. The van der Waals surface area contributed by atoms with Gasteiger partial charge in [-0.2, -0.15) is 0 Å². The van der Waals surface area contributed by atoms with Crippen LogP contribution in [0, 0.1) is 0 Å². The molecule has 1 saturated heterocycles. The molecule has 2 heterocycles. The summed E-state index contributed by atoms with van der Waals surface area (Å²) in [5.74, 6) is 0.837. The lowest BCUT2D eigenvalue weighted by atomic mass is 10.2. The predicted octanol–water partition coefficient (Wildman–Crippen LogP) is 0.520. The lowest BCUT2D eigenvalue weighted by molar-refractivity contribution is 0.209. The molecule has 6 nitrogen and oxygen atoms in total. The van der Waals surface area contributed by atoms with Crippen molar-refractivity contribution in [2.75, 3.05) is 38.1 Å². The second-order valence-electron chi connectivity index (χ2n) is 5.18. The molecule has 0 spiro atoms. The molecule has 0 bridgehead atoms. The molecule has 1 aromatic heterocycles. The molecule has 0 saturated carbocycles. The number of aromatic nitrogens is 1. The molecule has 1 aromatic rings. The molecule has 0 unspecified atom stereocenters. The summed E-state index contributed by atoms with van der Waals surface area (Å²) in [7, 11) is -2.01. The largest absolute Gasteiger partial charge is 0.354 e. The van der Waals surface area contributed by atoms with Gasteiger partial charge in [0.1, 0.15) is 10.7 Å². The maximum absolute atomic E-state index is 11.6. The zero-order valence-electron chi connectivity index (χ0n) is 12.2. The Bertz CT molecular complexity index is 534. The van der Waals surface area contributed by atoms with Crippen molar-refractivity contribution in [3.05, 3.63) is 18.3 Å². The first-order chi connectivity index (χ1) is 9.44. The minimum atomic E-state index is -3.40. The number of nitrogens with one attached hydrogen (secondary N) is 1. The van der Waals surface area contributed by atoms with Crippen LogP contribution in [0.2, 0.25) is 0 Å². The SMILES string of the molecule is CNS(=O)(=O)c1ccc(N2CCN(C(C)C)CC2)nc1. The van der Waals surface area contributed by atoms with Crippen LogP contribution in [0.15, 0.2) is 23.2 Å². The van der Waals surface area contributed by atoms with E-state index in [0.717, 1.165) is 32.0 Å². The number of rotatable bonds is 4. The Morgan fingerprint density at radius 3 is 2.30 bits per heavy atom. The molecule has 0 aliphatic carbocycles. The second-order valence-corrected chi connectivity index (χ2v) is 7.06. The van der Waals surface area contributed by atoms with Gasteiger partial charge in [0.25, 0.3) is 0 Å². The molecule has 7 heteroatoms. The van der Waals surface area contributed by atoms with Crippen LogP contribution in [0.4, 0.5) is 5.82 Å². The van der Waals surface area contributed by atoms with Gasteiger partial charge in [-0.25, -0.2) is 18.1 Å². The second kappa shape index (κ2) is 6.07. The molecule has 1 fully saturated rings. The van der Waals surface area contributed by atoms with Crippen LogP contribution in [0.25, 0.3) is 0 Å². The van der Waals surface area contributed by atoms with Gasteiger partial charge in [-0.1, -0.05) is 0 Å². The van der Waals surface area contributed by atoms with Gasteiger partial charge in [0.2, 0.25) is 10.0 Å². The summed E-state index contributed by atoms with van der Waals surface area (Å²) in [6.07, 6.45) is 1.41. The van der Waals surface area contributed by atoms with Crippen molar-refractivity contribution in [1.29, 1.82) is 0 Å². The van der Waals surface area contributed by atoms with Gasteiger partial charge in [-0.3, -0.25) is 4.90 Å². The van der Waals surface area contributed by atoms with Crippen molar-refractivity contribution in [2.45, 2.75) is 24.8 Å². The van der Waals surface area contributed by atoms with Gasteiger partial charge in [0.05, 0.1) is 0 Å². The average molecular weight is 298 g/mol. The number of hydrogen-bond acceptors (Lipinski definition) is 5. The molecule has 0 aromatic carbocycles. The van der Waals surface area contributed by atoms with E-state index < -0.39 is 10.0 Å². The third-order valence-electron chi connectivity index (χ3n) is 3.67. The van der Waals surface area contributed by atoms with E-state index >= 15 is 0 Å². The Labute approximate surface area is 120 Å². The van der Waals surface area contributed by atoms with Gasteiger partial charge >= 0.3 is 0 Å². The van der Waals surface area contributed by atoms with Crippen molar-refractivity contribution in [3.63, 3.8) is 0 Å². The van der Waals surface area contributed by atoms with Gasteiger partial charge < -0.3 is 4.90 Å². The summed E-state index contributed by atoms with van der Waals surface area (Å²) in [5.41, 5.74) is 0. The topological polar surface area (TPSA) is 65.5 Å². The first kappa shape index (κ1) is 15.2. The molecular weight excluding hydrogens is 276 g/mol. The summed E-state index contributed by atoms with van der Waals surface area (Å²) in [5, 5.41) is 0. The van der Waals surface area contributed by atoms with Crippen LogP contribution in [-0.2, 0) is 10.0 Å². The number of hydrogen-bond donors (Lipinski definition) is 1. The number of anilines is 1. The van der Waals surface area contributed by atoms with Gasteiger partial charge in [0.15, 0.2) is 0 Å². The number of nitrogens with zero attached hydrogens (tertiary/aromatic N) is 3. The van der Waals surface area contributed by atoms with Crippen LogP contribution in [-0.4, -0.2) is 57.6 Å². The fourth-order valence-electron chi connectivity index (χ4n) is 2.30. The van der Waals surface area contributed by atoms with E-state index in [1.165, 1.54) is 13.2 Å². The maximum atomic E-state index is 11.6. The van der Waals surface area contributed by atoms with E-state index in [4.69, 9.17) is 0 Å². The third kappa shape index (κ3) is 3.28. The van der Waals surface area contributed by atoms with E-state index in [2.05, 4.69) is 33.4 Å². The van der Waals surface area contributed by atoms with E-state index in [0.29, 0.717) is 6.04 Å². The van der Waals surface area contributed by atoms with Crippen LogP contribution in [0.5, 0.6) is 0 Å².